The van der Waals surface area contributed by atoms with Gasteiger partial charge in [0.05, 0.1) is 40.9 Å². The number of nitrogens with one attached hydrogen (secondary N) is 1. The van der Waals surface area contributed by atoms with Gasteiger partial charge in [-0.2, -0.15) is 0 Å². The highest BCUT2D eigenvalue weighted by atomic mass is 35.5. The highest BCUT2D eigenvalue weighted by Gasteiger charge is 2.14. The van der Waals surface area contributed by atoms with Crippen molar-refractivity contribution in [3.8, 4) is 11.5 Å². The lowest BCUT2D eigenvalue weighted by atomic mass is 10.2. The number of hydrogen-bond acceptors (Lipinski definition) is 6. The molecule has 0 aliphatic rings. The first kappa shape index (κ1) is 19.1. The molecule has 3 rings (SSSR count). The van der Waals surface area contributed by atoms with Gasteiger partial charge in [0.25, 0.3) is 0 Å². The summed E-state index contributed by atoms with van der Waals surface area (Å²) in [7, 11) is 3.03. The molecule has 3 aromatic rings. The van der Waals surface area contributed by atoms with E-state index in [-0.39, 0.29) is 11.7 Å². The lowest BCUT2D eigenvalue weighted by molar-refractivity contribution is -0.113. The van der Waals surface area contributed by atoms with E-state index in [2.05, 4.69) is 10.3 Å². The Balaban J connectivity index is 1.67. The van der Waals surface area contributed by atoms with Gasteiger partial charge in [-0.15, -0.1) is 11.3 Å². The second-order valence-electron chi connectivity index (χ2n) is 5.12. The highest BCUT2D eigenvalue weighted by Crippen LogP contribution is 2.36. The quantitative estimate of drug-likeness (QED) is 0.536. The summed E-state index contributed by atoms with van der Waals surface area (Å²) in [6.45, 7) is 0. The van der Waals surface area contributed by atoms with Crippen molar-refractivity contribution in [2.24, 2.45) is 0 Å². The lowest BCUT2D eigenvalue weighted by Crippen LogP contribution is -2.14. The molecule has 1 heterocycles. The molecule has 0 bridgehead atoms. The largest absolute Gasteiger partial charge is 0.495 e. The number of aromatic nitrogens is 1. The minimum Gasteiger partial charge on any atom is -0.495 e. The number of carbonyl (C=O) groups excluding carboxylic acids is 1. The Kier molecular flexibility index (Phi) is 6.13. The van der Waals surface area contributed by atoms with Crippen molar-refractivity contribution in [2.75, 3.05) is 25.3 Å². The van der Waals surface area contributed by atoms with E-state index in [0.29, 0.717) is 27.2 Å². The number of fused-ring (bicyclic) bond motifs is 1. The number of carbonyl (C=O) groups is 1. The third-order valence-electron chi connectivity index (χ3n) is 3.40. The van der Waals surface area contributed by atoms with Crippen LogP contribution in [0.1, 0.15) is 0 Å². The van der Waals surface area contributed by atoms with Crippen molar-refractivity contribution in [1.29, 1.82) is 0 Å². The smallest absolute Gasteiger partial charge is 0.234 e. The highest BCUT2D eigenvalue weighted by molar-refractivity contribution is 8.01. The minimum atomic E-state index is -0.188. The average Bonchev–Trinajstić information content (AvgIpc) is 3.02. The molecule has 1 N–H and O–H groups in total. The fraction of sp³-hybridized carbons (Fsp3) is 0.176. The van der Waals surface area contributed by atoms with E-state index in [4.69, 9.17) is 32.7 Å². The standard InChI is InChI=1S/C17H14Cl2N2O3S2/c1-23-13-7-14(24-2)11(6-10(13)19)20-16(22)8-25-17-21-12-5-9(18)3-4-15(12)26-17/h3-7H,8H2,1-2H3,(H,20,22). The summed E-state index contributed by atoms with van der Waals surface area (Å²) in [5.74, 6) is 0.968. The van der Waals surface area contributed by atoms with Gasteiger partial charge >= 0.3 is 0 Å². The molecule has 1 aromatic heterocycles. The van der Waals surface area contributed by atoms with Gasteiger partial charge in [0.2, 0.25) is 5.91 Å². The molecule has 1 amide bonds. The summed E-state index contributed by atoms with van der Waals surface area (Å²) in [6.07, 6.45) is 0. The molecule has 0 saturated heterocycles. The third kappa shape index (κ3) is 4.35. The molecular weight excluding hydrogens is 415 g/mol. The molecule has 2 aromatic carbocycles. The number of amides is 1. The summed E-state index contributed by atoms with van der Waals surface area (Å²) < 4.78 is 12.3. The third-order valence-corrected chi connectivity index (χ3v) is 6.11. The van der Waals surface area contributed by atoms with E-state index in [0.717, 1.165) is 14.6 Å². The van der Waals surface area contributed by atoms with Crippen molar-refractivity contribution >= 4 is 68.1 Å². The maximum Gasteiger partial charge on any atom is 0.234 e. The molecule has 9 heteroatoms. The zero-order valence-corrected chi connectivity index (χ0v) is 17.0. The Morgan fingerprint density at radius 3 is 2.69 bits per heavy atom. The van der Waals surface area contributed by atoms with E-state index < -0.39 is 0 Å². The van der Waals surface area contributed by atoms with Crippen LogP contribution in [-0.2, 0) is 4.79 Å². The number of thiazole rings is 1. The van der Waals surface area contributed by atoms with E-state index in [1.807, 2.05) is 18.2 Å². The maximum absolute atomic E-state index is 12.3. The van der Waals surface area contributed by atoms with Crippen LogP contribution >= 0.6 is 46.3 Å². The van der Waals surface area contributed by atoms with Gasteiger partial charge < -0.3 is 14.8 Å². The molecule has 0 atom stereocenters. The number of ether oxygens (including phenoxy) is 2. The van der Waals surface area contributed by atoms with Crippen molar-refractivity contribution < 1.29 is 14.3 Å². The van der Waals surface area contributed by atoms with E-state index in [1.165, 1.54) is 37.3 Å². The van der Waals surface area contributed by atoms with Crippen LogP contribution in [0.2, 0.25) is 10.0 Å². The summed E-state index contributed by atoms with van der Waals surface area (Å²) >= 11 is 15.0. The molecule has 0 radical (unpaired) electrons. The SMILES string of the molecule is COc1cc(OC)c(NC(=O)CSc2nc3cc(Cl)ccc3s2)cc1Cl. The number of thioether (sulfide) groups is 1. The van der Waals surface area contributed by atoms with E-state index >= 15 is 0 Å². The predicted molar refractivity (Wildman–Crippen MR) is 109 cm³/mol. The fourth-order valence-electron chi connectivity index (χ4n) is 2.21. The number of nitrogens with zero attached hydrogens (tertiary/aromatic N) is 1. The molecule has 5 nitrogen and oxygen atoms in total. The lowest BCUT2D eigenvalue weighted by Gasteiger charge is -2.12. The normalized spacial score (nSPS) is 10.8. The van der Waals surface area contributed by atoms with Crippen molar-refractivity contribution in [2.45, 2.75) is 4.34 Å². The molecular formula is C17H14Cl2N2O3S2. The van der Waals surface area contributed by atoms with Gasteiger partial charge in [-0.1, -0.05) is 35.0 Å². The van der Waals surface area contributed by atoms with Crippen LogP contribution in [-0.4, -0.2) is 30.9 Å². The molecule has 0 aliphatic carbocycles. The first-order valence-corrected chi connectivity index (χ1v) is 9.96. The fourth-order valence-corrected chi connectivity index (χ4v) is 4.47. The van der Waals surface area contributed by atoms with Gasteiger partial charge in [-0.3, -0.25) is 4.79 Å². The van der Waals surface area contributed by atoms with Crippen LogP contribution in [0.15, 0.2) is 34.7 Å². The average molecular weight is 429 g/mol. The number of methoxy groups -OCH3 is 2. The zero-order chi connectivity index (χ0) is 18.7. The van der Waals surface area contributed by atoms with Crippen LogP contribution < -0.4 is 14.8 Å². The molecule has 0 spiro atoms. The van der Waals surface area contributed by atoms with Crippen LogP contribution in [0.5, 0.6) is 11.5 Å². The monoisotopic (exact) mass is 428 g/mol. The summed E-state index contributed by atoms with van der Waals surface area (Å²) in [6, 6.07) is 8.78. The predicted octanol–water partition coefficient (Wildman–Crippen LogP) is 5.35. The van der Waals surface area contributed by atoms with Crippen molar-refractivity contribution in [3.05, 3.63) is 40.4 Å². The van der Waals surface area contributed by atoms with Crippen LogP contribution in [0.25, 0.3) is 10.2 Å². The first-order chi connectivity index (χ1) is 12.5. The Hall–Kier alpha value is -1.67. The van der Waals surface area contributed by atoms with Gasteiger partial charge in [-0.05, 0) is 24.3 Å². The van der Waals surface area contributed by atoms with E-state index in [1.54, 1.807) is 12.1 Å². The number of rotatable bonds is 6. The van der Waals surface area contributed by atoms with Gasteiger partial charge in [0, 0.05) is 11.1 Å². The molecule has 136 valence electrons. The molecule has 0 unspecified atom stereocenters. The Bertz CT molecular complexity index is 963. The molecule has 0 saturated carbocycles. The van der Waals surface area contributed by atoms with Crippen molar-refractivity contribution in [3.63, 3.8) is 0 Å². The van der Waals surface area contributed by atoms with Crippen LogP contribution in [0, 0.1) is 0 Å². The van der Waals surface area contributed by atoms with Crippen LogP contribution in [0.4, 0.5) is 5.69 Å². The number of hydrogen-bond donors (Lipinski definition) is 1. The molecule has 26 heavy (non-hydrogen) atoms. The van der Waals surface area contributed by atoms with Gasteiger partial charge in [0.1, 0.15) is 11.5 Å². The Morgan fingerprint density at radius 1 is 1.19 bits per heavy atom. The van der Waals surface area contributed by atoms with Gasteiger partial charge in [0.15, 0.2) is 4.34 Å². The first-order valence-electron chi connectivity index (χ1n) is 7.40. The maximum atomic E-state index is 12.3. The number of anilines is 1. The number of benzene rings is 2. The zero-order valence-electron chi connectivity index (χ0n) is 13.8. The van der Waals surface area contributed by atoms with Crippen molar-refractivity contribution in [1.82, 2.24) is 4.98 Å². The summed E-state index contributed by atoms with van der Waals surface area (Å²) in [5, 5.41) is 3.83. The molecule has 0 fully saturated rings. The van der Waals surface area contributed by atoms with E-state index in [9.17, 15) is 4.79 Å². The summed E-state index contributed by atoms with van der Waals surface area (Å²) in [4.78, 5) is 16.8. The van der Waals surface area contributed by atoms with Gasteiger partial charge in [-0.25, -0.2) is 4.98 Å². The Morgan fingerprint density at radius 2 is 1.96 bits per heavy atom. The second-order valence-corrected chi connectivity index (χ2v) is 8.21. The minimum absolute atomic E-state index is 0.188. The topological polar surface area (TPSA) is 60.5 Å². The Labute approximate surface area is 168 Å². The summed E-state index contributed by atoms with van der Waals surface area (Å²) in [5.41, 5.74) is 1.31. The second kappa shape index (κ2) is 8.35. The molecule has 0 aliphatic heterocycles. The number of halogens is 2. The van der Waals surface area contributed by atoms with Crippen LogP contribution in [0.3, 0.4) is 0 Å².